The third kappa shape index (κ3) is 3.39. The molecule has 0 saturated heterocycles. The highest BCUT2D eigenvalue weighted by Crippen LogP contribution is 2.39. The number of H-pyrrole nitrogens is 1. The second-order valence-electron chi connectivity index (χ2n) is 8.16. The molecule has 2 aromatic heterocycles. The molecule has 156 valence electrons. The van der Waals surface area contributed by atoms with Crippen molar-refractivity contribution in [3.05, 3.63) is 47.8 Å². The minimum atomic E-state index is -0.900. The van der Waals surface area contributed by atoms with Crippen molar-refractivity contribution in [3.8, 4) is 11.1 Å². The molecule has 1 fully saturated rings. The van der Waals surface area contributed by atoms with E-state index in [-0.39, 0.29) is 18.6 Å². The van der Waals surface area contributed by atoms with E-state index >= 15 is 0 Å². The molecule has 1 aliphatic carbocycles. The molecule has 2 unspecified atom stereocenters. The molecular weight excluding hydrogens is 380 g/mol. The Morgan fingerprint density at radius 2 is 2.00 bits per heavy atom. The Balaban J connectivity index is 1.55. The Bertz CT molecular complexity index is 1090. The van der Waals surface area contributed by atoms with Crippen molar-refractivity contribution in [1.29, 1.82) is 0 Å². The van der Waals surface area contributed by atoms with E-state index in [4.69, 9.17) is 4.74 Å². The molecule has 3 heterocycles. The molecule has 1 aromatic carbocycles. The van der Waals surface area contributed by atoms with E-state index in [0.717, 1.165) is 35.0 Å². The third-order valence-corrected chi connectivity index (χ3v) is 6.38. The SMILES string of the molecule is COC1CCCC[C@H]1c1c[nH]c2ncc(-c3ccc4c(c3)C(O)NCC(=O)N4)cc12. The quantitative estimate of drug-likeness (QED) is 0.534. The predicted molar refractivity (Wildman–Crippen MR) is 115 cm³/mol. The van der Waals surface area contributed by atoms with E-state index < -0.39 is 6.23 Å². The summed E-state index contributed by atoms with van der Waals surface area (Å²) in [6.07, 6.45) is 7.88. The number of amides is 1. The lowest BCUT2D eigenvalue weighted by molar-refractivity contribution is -0.115. The third-order valence-electron chi connectivity index (χ3n) is 6.38. The van der Waals surface area contributed by atoms with Gasteiger partial charge in [0.15, 0.2) is 0 Å². The van der Waals surface area contributed by atoms with Gasteiger partial charge in [-0.1, -0.05) is 18.9 Å². The van der Waals surface area contributed by atoms with E-state index in [1.807, 2.05) is 24.4 Å². The highest BCUT2D eigenvalue weighted by Gasteiger charge is 2.28. The molecule has 1 aliphatic heterocycles. The van der Waals surface area contributed by atoms with Crippen molar-refractivity contribution in [2.45, 2.75) is 43.9 Å². The van der Waals surface area contributed by atoms with Gasteiger partial charge in [-0.25, -0.2) is 4.98 Å². The monoisotopic (exact) mass is 406 g/mol. The maximum Gasteiger partial charge on any atom is 0.238 e. The summed E-state index contributed by atoms with van der Waals surface area (Å²) >= 11 is 0. The van der Waals surface area contributed by atoms with Crippen LogP contribution in [0, 0.1) is 0 Å². The largest absolute Gasteiger partial charge is 0.381 e. The number of anilines is 1. The summed E-state index contributed by atoms with van der Waals surface area (Å²) in [5, 5.41) is 17.2. The van der Waals surface area contributed by atoms with Crippen LogP contribution < -0.4 is 10.6 Å². The van der Waals surface area contributed by atoms with Gasteiger partial charge >= 0.3 is 0 Å². The first-order valence-electron chi connectivity index (χ1n) is 10.5. The number of hydrogen-bond donors (Lipinski definition) is 4. The van der Waals surface area contributed by atoms with Crippen molar-refractivity contribution < 1.29 is 14.6 Å². The number of benzene rings is 1. The summed E-state index contributed by atoms with van der Waals surface area (Å²) in [5.41, 5.74) is 5.33. The zero-order valence-corrected chi connectivity index (χ0v) is 16.9. The second kappa shape index (κ2) is 7.83. The van der Waals surface area contributed by atoms with Crippen LogP contribution in [0.5, 0.6) is 0 Å². The zero-order valence-electron chi connectivity index (χ0n) is 16.9. The van der Waals surface area contributed by atoms with Gasteiger partial charge in [0.2, 0.25) is 5.91 Å². The average molecular weight is 406 g/mol. The Morgan fingerprint density at radius 3 is 2.87 bits per heavy atom. The van der Waals surface area contributed by atoms with Crippen LogP contribution in [-0.4, -0.2) is 40.7 Å². The van der Waals surface area contributed by atoms with Crippen molar-refractivity contribution >= 4 is 22.6 Å². The van der Waals surface area contributed by atoms with E-state index in [1.54, 1.807) is 7.11 Å². The molecule has 0 spiro atoms. The summed E-state index contributed by atoms with van der Waals surface area (Å²) in [4.78, 5) is 19.7. The number of methoxy groups -OCH3 is 1. The van der Waals surface area contributed by atoms with Crippen LogP contribution >= 0.6 is 0 Å². The molecule has 1 saturated carbocycles. The number of rotatable bonds is 3. The Morgan fingerprint density at radius 1 is 1.13 bits per heavy atom. The van der Waals surface area contributed by atoms with Gasteiger partial charge in [-0.05, 0) is 42.2 Å². The number of fused-ring (bicyclic) bond motifs is 2. The van der Waals surface area contributed by atoms with Crippen LogP contribution in [0.2, 0.25) is 0 Å². The van der Waals surface area contributed by atoms with Crippen LogP contribution in [0.15, 0.2) is 36.7 Å². The smallest absolute Gasteiger partial charge is 0.238 e. The van der Waals surface area contributed by atoms with Gasteiger partial charge < -0.3 is 20.1 Å². The van der Waals surface area contributed by atoms with Crippen molar-refractivity contribution in [1.82, 2.24) is 15.3 Å². The molecule has 7 heteroatoms. The molecule has 4 N–H and O–H groups in total. The van der Waals surface area contributed by atoms with Crippen molar-refractivity contribution in [3.63, 3.8) is 0 Å². The number of aromatic nitrogens is 2. The van der Waals surface area contributed by atoms with Crippen molar-refractivity contribution in [2.24, 2.45) is 0 Å². The number of aromatic amines is 1. The summed E-state index contributed by atoms with van der Waals surface area (Å²) in [7, 11) is 1.80. The van der Waals surface area contributed by atoms with E-state index in [9.17, 15) is 9.90 Å². The maximum absolute atomic E-state index is 11.8. The number of pyridine rings is 1. The van der Waals surface area contributed by atoms with Crippen molar-refractivity contribution in [2.75, 3.05) is 19.0 Å². The van der Waals surface area contributed by atoms with Crippen LogP contribution in [0.3, 0.4) is 0 Å². The van der Waals surface area contributed by atoms with Gasteiger partial charge in [0.05, 0.1) is 12.6 Å². The Kier molecular flexibility index (Phi) is 5.02. The van der Waals surface area contributed by atoms with E-state index in [2.05, 4.69) is 32.9 Å². The molecule has 0 bridgehead atoms. The number of carbonyl (C=O) groups excluding carboxylic acids is 1. The number of nitrogens with zero attached hydrogens (tertiary/aromatic N) is 1. The highest BCUT2D eigenvalue weighted by atomic mass is 16.5. The fourth-order valence-electron chi connectivity index (χ4n) is 4.80. The molecule has 3 atom stereocenters. The molecule has 7 nitrogen and oxygen atoms in total. The zero-order chi connectivity index (χ0) is 20.7. The van der Waals surface area contributed by atoms with Gasteiger partial charge in [-0.15, -0.1) is 0 Å². The first-order chi connectivity index (χ1) is 14.6. The molecule has 0 radical (unpaired) electrons. The lowest BCUT2D eigenvalue weighted by Gasteiger charge is -2.30. The molecule has 3 aromatic rings. The average Bonchev–Trinajstić information content (AvgIpc) is 3.14. The van der Waals surface area contributed by atoms with E-state index in [1.165, 1.54) is 18.4 Å². The standard InChI is InChI=1S/C23H26N4O3/c1-30-20-5-3-2-4-15(20)18-11-25-22-16(18)9-14(10-24-22)13-6-7-19-17(8-13)23(29)26-12-21(28)27-19/h6-11,15,20,23,26,29H,2-5,12H2,1H3,(H,24,25)(H,27,28)/t15-,20?,23?/m0/s1. The van der Waals surface area contributed by atoms with Gasteiger partial charge in [0.25, 0.3) is 0 Å². The molecular formula is C23H26N4O3. The second-order valence-corrected chi connectivity index (χ2v) is 8.16. The first-order valence-corrected chi connectivity index (χ1v) is 10.5. The lowest BCUT2D eigenvalue weighted by Crippen LogP contribution is -2.26. The highest BCUT2D eigenvalue weighted by molar-refractivity contribution is 5.94. The lowest BCUT2D eigenvalue weighted by atomic mass is 9.81. The molecule has 1 amide bonds. The minimum Gasteiger partial charge on any atom is -0.381 e. The Labute approximate surface area is 174 Å². The first kappa shape index (κ1) is 19.2. The van der Waals surface area contributed by atoms with E-state index in [0.29, 0.717) is 17.2 Å². The topological polar surface area (TPSA) is 99.3 Å². The predicted octanol–water partition coefficient (Wildman–Crippen LogP) is 3.44. The number of aliphatic hydroxyl groups is 1. The minimum absolute atomic E-state index is 0.0768. The maximum atomic E-state index is 11.8. The number of nitrogens with one attached hydrogen (secondary N) is 3. The summed E-state index contributed by atoms with van der Waals surface area (Å²) in [5.74, 6) is 0.198. The van der Waals surface area contributed by atoms with Crippen LogP contribution in [0.1, 0.15) is 49.0 Å². The molecule has 2 aliphatic rings. The fraction of sp³-hybridized carbons (Fsp3) is 0.391. The Hall–Kier alpha value is -2.74. The van der Waals surface area contributed by atoms with Gasteiger partial charge in [-0.3, -0.25) is 10.1 Å². The number of ether oxygens (including phenoxy) is 1. The summed E-state index contributed by atoms with van der Waals surface area (Å²) in [6, 6.07) is 7.85. The number of carbonyl (C=O) groups is 1. The molecule has 5 rings (SSSR count). The number of aliphatic hydroxyl groups excluding tert-OH is 1. The van der Waals surface area contributed by atoms with Crippen LogP contribution in [0.4, 0.5) is 5.69 Å². The normalized spacial score (nSPS) is 24.3. The van der Waals surface area contributed by atoms with Gasteiger partial charge in [0.1, 0.15) is 11.9 Å². The van der Waals surface area contributed by atoms with Gasteiger partial charge in [-0.2, -0.15) is 0 Å². The summed E-state index contributed by atoms with van der Waals surface area (Å²) in [6.45, 7) is 0.0768. The van der Waals surface area contributed by atoms with Gasteiger partial charge in [0, 0.05) is 47.6 Å². The van der Waals surface area contributed by atoms with Crippen LogP contribution in [-0.2, 0) is 9.53 Å². The van der Waals surface area contributed by atoms with Crippen LogP contribution in [0.25, 0.3) is 22.2 Å². The number of hydrogen-bond acceptors (Lipinski definition) is 5. The fourth-order valence-corrected chi connectivity index (χ4v) is 4.80. The summed E-state index contributed by atoms with van der Waals surface area (Å²) < 4.78 is 5.78. The molecule has 30 heavy (non-hydrogen) atoms.